The van der Waals surface area contributed by atoms with Gasteiger partial charge in [-0.15, -0.1) is 0 Å². The van der Waals surface area contributed by atoms with Crippen molar-refractivity contribution < 1.29 is 19.5 Å². The van der Waals surface area contributed by atoms with Gasteiger partial charge in [0.1, 0.15) is 5.54 Å². The molecule has 0 aromatic heterocycles. The third-order valence-electron chi connectivity index (χ3n) is 3.22. The summed E-state index contributed by atoms with van der Waals surface area (Å²) in [6, 6.07) is 0. The van der Waals surface area contributed by atoms with Gasteiger partial charge in [0.05, 0.1) is 0 Å². The molecule has 1 unspecified atom stereocenters. The van der Waals surface area contributed by atoms with Crippen LogP contribution >= 0.6 is 0 Å². The van der Waals surface area contributed by atoms with E-state index in [-0.39, 0.29) is 37.6 Å². The van der Waals surface area contributed by atoms with Crippen LogP contribution in [0, 0.1) is 0 Å². The molecule has 1 fully saturated rings. The number of hydrogen-bond donors (Lipinski definition) is 2. The molecule has 1 atom stereocenters. The highest BCUT2D eigenvalue weighted by Gasteiger charge is 2.33. The Balaban J connectivity index is 2.44. The monoisotopic (exact) mass is 242 g/mol. The number of likely N-dealkylation sites (tertiary alicyclic amines) is 1. The number of carboxylic acid groups (broad SMARTS) is 1. The minimum absolute atomic E-state index is 0.176. The first-order chi connectivity index (χ1) is 7.90. The summed E-state index contributed by atoms with van der Waals surface area (Å²) < 4.78 is 0. The fourth-order valence-corrected chi connectivity index (χ4v) is 1.86. The number of hydrogen-bond acceptors (Lipinski definition) is 4. The summed E-state index contributed by atoms with van der Waals surface area (Å²) in [4.78, 5) is 34.7. The first kappa shape index (κ1) is 13.6. The molecule has 0 spiro atoms. The molecule has 2 amide bonds. The number of carbonyl (C=O) groups is 3. The number of carboxylic acids is 1. The van der Waals surface area contributed by atoms with E-state index >= 15 is 0 Å². The predicted octanol–water partition coefficient (Wildman–Crippen LogP) is 0.108. The molecule has 17 heavy (non-hydrogen) atoms. The molecule has 1 rings (SSSR count). The molecule has 96 valence electrons. The van der Waals surface area contributed by atoms with Crippen molar-refractivity contribution >= 4 is 17.8 Å². The van der Waals surface area contributed by atoms with Crippen LogP contribution in [0.5, 0.6) is 0 Å². The highest BCUT2D eigenvalue weighted by molar-refractivity contribution is 6.01. The van der Waals surface area contributed by atoms with Crippen molar-refractivity contribution in [1.82, 2.24) is 4.90 Å². The quantitative estimate of drug-likeness (QED) is 0.644. The molecule has 1 heterocycles. The van der Waals surface area contributed by atoms with Crippen molar-refractivity contribution in [2.75, 3.05) is 6.54 Å². The largest absolute Gasteiger partial charge is 0.480 e. The number of amides is 2. The van der Waals surface area contributed by atoms with Crippen molar-refractivity contribution in [3.8, 4) is 0 Å². The Morgan fingerprint density at radius 3 is 2.35 bits per heavy atom. The average Bonchev–Trinajstić information content (AvgIpc) is 2.59. The first-order valence-corrected chi connectivity index (χ1v) is 5.76. The van der Waals surface area contributed by atoms with Gasteiger partial charge < -0.3 is 10.8 Å². The van der Waals surface area contributed by atoms with Crippen LogP contribution in [-0.2, 0) is 14.4 Å². The molecule has 0 aliphatic carbocycles. The van der Waals surface area contributed by atoms with Crippen LogP contribution in [0.2, 0.25) is 0 Å². The van der Waals surface area contributed by atoms with Gasteiger partial charge in [-0.3, -0.25) is 19.3 Å². The average molecular weight is 242 g/mol. The number of rotatable bonds is 6. The summed E-state index contributed by atoms with van der Waals surface area (Å²) in [5, 5.41) is 8.96. The Bertz CT molecular complexity index is 326. The summed E-state index contributed by atoms with van der Waals surface area (Å²) in [6.07, 6.45) is 1.53. The zero-order valence-electron chi connectivity index (χ0n) is 9.94. The fourth-order valence-electron chi connectivity index (χ4n) is 1.86. The molecule has 6 heteroatoms. The van der Waals surface area contributed by atoms with Crippen LogP contribution in [-0.4, -0.2) is 39.9 Å². The predicted molar refractivity (Wildman–Crippen MR) is 60.0 cm³/mol. The lowest BCUT2D eigenvalue weighted by molar-refractivity contribution is -0.143. The van der Waals surface area contributed by atoms with Gasteiger partial charge in [0.2, 0.25) is 11.8 Å². The Kier molecular flexibility index (Phi) is 4.22. The number of imide groups is 1. The van der Waals surface area contributed by atoms with Crippen molar-refractivity contribution in [1.29, 1.82) is 0 Å². The van der Waals surface area contributed by atoms with Gasteiger partial charge in [0.25, 0.3) is 0 Å². The minimum atomic E-state index is -1.26. The fraction of sp³-hybridized carbons (Fsp3) is 0.727. The molecule has 0 radical (unpaired) electrons. The molecule has 3 N–H and O–H groups in total. The van der Waals surface area contributed by atoms with Gasteiger partial charge in [-0.05, 0) is 19.3 Å². The molecular formula is C11H18N2O4. The van der Waals surface area contributed by atoms with Gasteiger partial charge in [-0.2, -0.15) is 0 Å². The summed E-state index contributed by atoms with van der Waals surface area (Å²) >= 11 is 0. The van der Waals surface area contributed by atoms with E-state index in [1.165, 1.54) is 4.90 Å². The van der Waals surface area contributed by atoms with Crippen molar-refractivity contribution in [2.24, 2.45) is 5.73 Å². The van der Waals surface area contributed by atoms with Crippen molar-refractivity contribution in [3.05, 3.63) is 0 Å². The summed E-state index contributed by atoms with van der Waals surface area (Å²) in [5.41, 5.74) is 4.45. The molecule has 0 bridgehead atoms. The van der Waals surface area contributed by atoms with E-state index in [4.69, 9.17) is 10.8 Å². The Labute approximate surface area is 99.8 Å². The first-order valence-electron chi connectivity index (χ1n) is 5.76. The van der Waals surface area contributed by atoms with E-state index < -0.39 is 11.5 Å². The zero-order valence-corrected chi connectivity index (χ0v) is 9.94. The van der Waals surface area contributed by atoms with Crippen LogP contribution in [0.1, 0.15) is 39.0 Å². The van der Waals surface area contributed by atoms with Crippen LogP contribution in [0.4, 0.5) is 0 Å². The minimum Gasteiger partial charge on any atom is -0.480 e. The SMILES string of the molecule is CCC(N)(CCCN1C(=O)CCC1=O)C(=O)O. The second kappa shape index (κ2) is 5.27. The Morgan fingerprint density at radius 1 is 1.41 bits per heavy atom. The molecular weight excluding hydrogens is 224 g/mol. The van der Waals surface area contributed by atoms with Crippen LogP contribution in [0.3, 0.4) is 0 Å². The Hall–Kier alpha value is -1.43. The number of carbonyl (C=O) groups excluding carboxylic acids is 2. The van der Waals surface area contributed by atoms with Crippen molar-refractivity contribution in [2.45, 2.75) is 44.6 Å². The van der Waals surface area contributed by atoms with E-state index in [0.29, 0.717) is 12.8 Å². The number of aliphatic carboxylic acids is 1. The molecule has 1 aliphatic heterocycles. The van der Waals surface area contributed by atoms with Crippen LogP contribution in [0.15, 0.2) is 0 Å². The highest BCUT2D eigenvalue weighted by atomic mass is 16.4. The summed E-state index contributed by atoms with van der Waals surface area (Å²) in [7, 11) is 0. The maximum absolute atomic E-state index is 11.3. The van der Waals surface area contributed by atoms with Crippen molar-refractivity contribution in [3.63, 3.8) is 0 Å². The lowest BCUT2D eigenvalue weighted by Gasteiger charge is -2.23. The Morgan fingerprint density at radius 2 is 1.94 bits per heavy atom. The third kappa shape index (κ3) is 3.03. The van der Waals surface area contributed by atoms with E-state index in [1.54, 1.807) is 6.92 Å². The highest BCUT2D eigenvalue weighted by Crippen LogP contribution is 2.17. The molecule has 0 aromatic rings. The lowest BCUT2D eigenvalue weighted by atomic mass is 9.92. The van der Waals surface area contributed by atoms with Gasteiger partial charge in [0, 0.05) is 19.4 Å². The van der Waals surface area contributed by atoms with Gasteiger partial charge in [0.15, 0.2) is 0 Å². The standard InChI is InChI=1S/C11H18N2O4/c1-2-11(12,10(16)17)6-3-7-13-8(14)4-5-9(13)15/h2-7,12H2,1H3,(H,16,17). The van der Waals surface area contributed by atoms with E-state index in [1.807, 2.05) is 0 Å². The van der Waals surface area contributed by atoms with Gasteiger partial charge in [-0.1, -0.05) is 6.92 Å². The second-order valence-electron chi connectivity index (χ2n) is 4.36. The smallest absolute Gasteiger partial charge is 0.323 e. The van der Waals surface area contributed by atoms with Crippen LogP contribution in [0.25, 0.3) is 0 Å². The van der Waals surface area contributed by atoms with Gasteiger partial charge in [-0.25, -0.2) is 0 Å². The normalized spacial score (nSPS) is 19.5. The van der Waals surface area contributed by atoms with Gasteiger partial charge >= 0.3 is 5.97 Å². The maximum atomic E-state index is 11.3. The molecule has 6 nitrogen and oxygen atoms in total. The number of nitrogens with two attached hydrogens (primary N) is 1. The molecule has 0 saturated carbocycles. The number of nitrogens with zero attached hydrogens (tertiary/aromatic N) is 1. The van der Waals surface area contributed by atoms with E-state index in [9.17, 15) is 14.4 Å². The molecule has 0 aromatic carbocycles. The maximum Gasteiger partial charge on any atom is 0.323 e. The summed E-state index contributed by atoms with van der Waals surface area (Å²) in [5.74, 6) is -1.40. The molecule has 1 aliphatic rings. The second-order valence-corrected chi connectivity index (χ2v) is 4.36. The lowest BCUT2D eigenvalue weighted by Crippen LogP contribution is -2.47. The third-order valence-corrected chi connectivity index (χ3v) is 3.22. The van der Waals surface area contributed by atoms with Crippen LogP contribution < -0.4 is 5.73 Å². The summed E-state index contributed by atoms with van der Waals surface area (Å²) in [6.45, 7) is 1.98. The zero-order chi connectivity index (χ0) is 13.1. The van der Waals surface area contributed by atoms with E-state index in [2.05, 4.69) is 0 Å². The topological polar surface area (TPSA) is 101 Å². The molecule has 1 saturated heterocycles. The van der Waals surface area contributed by atoms with E-state index in [0.717, 1.165) is 0 Å².